The molecule has 0 saturated carbocycles. The van der Waals surface area contributed by atoms with E-state index >= 15 is 0 Å². The van der Waals surface area contributed by atoms with Gasteiger partial charge in [0.15, 0.2) is 11.5 Å². The summed E-state index contributed by atoms with van der Waals surface area (Å²) in [5.41, 5.74) is 1.59. The highest BCUT2D eigenvalue weighted by Gasteiger charge is 2.33. The van der Waals surface area contributed by atoms with Gasteiger partial charge >= 0.3 is 0 Å². The minimum atomic E-state index is 0.00907. The normalized spacial score (nSPS) is 18.5. The van der Waals surface area contributed by atoms with Crippen molar-refractivity contribution in [1.82, 2.24) is 19.5 Å². The first kappa shape index (κ1) is 12.5. The Bertz CT molecular complexity index is 780. The average molecular weight is 298 g/mol. The zero-order chi connectivity index (χ0) is 14.2. The highest BCUT2D eigenvalue weighted by Crippen LogP contribution is 2.32. The first-order valence-electron chi connectivity index (χ1n) is 6.97. The highest BCUT2D eigenvalue weighted by atomic mass is 32.1. The molecule has 5 nitrogen and oxygen atoms in total. The summed E-state index contributed by atoms with van der Waals surface area (Å²) in [5.74, 6) is 0.943. The second kappa shape index (κ2) is 4.96. The Kier molecular flexibility index (Phi) is 2.96. The fraction of sp³-hybridized carbons (Fsp3) is 0.267. The summed E-state index contributed by atoms with van der Waals surface area (Å²) in [5, 5.41) is 12.3. The largest absolute Gasteiger partial charge is 0.328 e. The summed E-state index contributed by atoms with van der Waals surface area (Å²) >= 11 is 1.55. The van der Waals surface area contributed by atoms with Crippen LogP contribution in [0.25, 0.3) is 5.65 Å². The summed E-state index contributed by atoms with van der Waals surface area (Å²) in [7, 11) is 0. The van der Waals surface area contributed by atoms with Crippen LogP contribution in [-0.4, -0.2) is 31.9 Å². The Balaban J connectivity index is 1.72. The fourth-order valence-corrected chi connectivity index (χ4v) is 3.55. The molecule has 1 saturated heterocycles. The van der Waals surface area contributed by atoms with E-state index in [2.05, 4.69) is 10.2 Å². The molecule has 0 N–H and O–H groups in total. The molecule has 0 spiro atoms. The number of likely N-dealkylation sites (tertiary alicyclic amines) is 1. The Morgan fingerprint density at radius 1 is 1.29 bits per heavy atom. The van der Waals surface area contributed by atoms with Gasteiger partial charge in [-0.15, -0.1) is 10.2 Å². The molecule has 0 aliphatic carbocycles. The van der Waals surface area contributed by atoms with Crippen LogP contribution in [0, 0.1) is 0 Å². The SMILES string of the molecule is O=C(c1ccsc1)N1CCCC1c1nnc2ccccn12. The van der Waals surface area contributed by atoms with Gasteiger partial charge in [0.25, 0.3) is 5.91 Å². The molecular formula is C15H14N4OS. The number of carbonyl (C=O) groups is 1. The van der Waals surface area contributed by atoms with Crippen molar-refractivity contribution in [2.45, 2.75) is 18.9 Å². The van der Waals surface area contributed by atoms with E-state index in [4.69, 9.17) is 0 Å². The van der Waals surface area contributed by atoms with Crippen LogP contribution in [0.4, 0.5) is 0 Å². The number of carbonyl (C=O) groups excluding carboxylic acids is 1. The van der Waals surface area contributed by atoms with Crippen LogP contribution in [0.3, 0.4) is 0 Å². The molecule has 1 aliphatic rings. The zero-order valence-corrected chi connectivity index (χ0v) is 12.2. The molecule has 0 radical (unpaired) electrons. The van der Waals surface area contributed by atoms with Gasteiger partial charge in [0, 0.05) is 18.1 Å². The molecule has 3 aromatic rings. The van der Waals surface area contributed by atoms with Crippen molar-refractivity contribution in [2.75, 3.05) is 6.54 Å². The third-order valence-corrected chi connectivity index (χ3v) is 4.60. The maximum atomic E-state index is 12.6. The fourth-order valence-electron chi connectivity index (χ4n) is 2.92. The van der Waals surface area contributed by atoms with Crippen molar-refractivity contribution in [3.63, 3.8) is 0 Å². The summed E-state index contributed by atoms with van der Waals surface area (Å²) in [6, 6.07) is 7.71. The molecule has 1 aliphatic heterocycles. The lowest BCUT2D eigenvalue weighted by atomic mass is 10.2. The molecule has 1 fully saturated rings. The highest BCUT2D eigenvalue weighted by molar-refractivity contribution is 7.08. The molecule has 4 rings (SSSR count). The van der Waals surface area contributed by atoms with Gasteiger partial charge < -0.3 is 4.90 Å². The third kappa shape index (κ3) is 2.03. The Morgan fingerprint density at radius 2 is 2.24 bits per heavy atom. The molecule has 0 bridgehead atoms. The molecular weight excluding hydrogens is 284 g/mol. The van der Waals surface area contributed by atoms with E-state index in [0.717, 1.165) is 36.4 Å². The monoisotopic (exact) mass is 298 g/mol. The molecule has 4 heterocycles. The molecule has 106 valence electrons. The molecule has 21 heavy (non-hydrogen) atoms. The number of aromatic nitrogens is 3. The van der Waals surface area contributed by atoms with Crippen molar-refractivity contribution in [3.8, 4) is 0 Å². The molecule has 1 amide bonds. The number of rotatable bonds is 2. The van der Waals surface area contributed by atoms with E-state index in [1.807, 2.05) is 50.5 Å². The van der Waals surface area contributed by atoms with Crippen molar-refractivity contribution in [3.05, 3.63) is 52.6 Å². The van der Waals surface area contributed by atoms with Crippen LogP contribution >= 0.6 is 11.3 Å². The maximum absolute atomic E-state index is 12.6. The number of hydrogen-bond acceptors (Lipinski definition) is 4. The van der Waals surface area contributed by atoms with Crippen LogP contribution in [0.2, 0.25) is 0 Å². The van der Waals surface area contributed by atoms with E-state index in [0.29, 0.717) is 0 Å². The van der Waals surface area contributed by atoms with Gasteiger partial charge in [-0.25, -0.2) is 0 Å². The zero-order valence-electron chi connectivity index (χ0n) is 11.3. The lowest BCUT2D eigenvalue weighted by Gasteiger charge is -2.23. The van der Waals surface area contributed by atoms with Gasteiger partial charge in [-0.3, -0.25) is 9.20 Å². The number of nitrogens with zero attached hydrogens (tertiary/aromatic N) is 4. The summed E-state index contributed by atoms with van der Waals surface area (Å²) < 4.78 is 1.98. The lowest BCUT2D eigenvalue weighted by molar-refractivity contribution is 0.0730. The molecule has 3 aromatic heterocycles. The van der Waals surface area contributed by atoms with Crippen molar-refractivity contribution >= 4 is 22.9 Å². The first-order valence-corrected chi connectivity index (χ1v) is 7.92. The third-order valence-electron chi connectivity index (χ3n) is 3.92. The lowest BCUT2D eigenvalue weighted by Crippen LogP contribution is -2.31. The number of amides is 1. The Hall–Kier alpha value is -2.21. The summed E-state index contributed by atoms with van der Waals surface area (Å²) in [4.78, 5) is 14.5. The number of fused-ring (bicyclic) bond motifs is 1. The van der Waals surface area contributed by atoms with E-state index in [1.54, 1.807) is 11.3 Å². The Morgan fingerprint density at radius 3 is 3.10 bits per heavy atom. The van der Waals surface area contributed by atoms with Crippen molar-refractivity contribution < 1.29 is 4.79 Å². The van der Waals surface area contributed by atoms with Crippen molar-refractivity contribution in [1.29, 1.82) is 0 Å². The van der Waals surface area contributed by atoms with Crippen LogP contribution in [0.1, 0.15) is 35.1 Å². The second-order valence-corrected chi connectivity index (χ2v) is 5.94. The predicted molar refractivity (Wildman–Crippen MR) is 80.3 cm³/mol. The van der Waals surface area contributed by atoms with Gasteiger partial charge in [-0.2, -0.15) is 11.3 Å². The van der Waals surface area contributed by atoms with E-state index in [-0.39, 0.29) is 11.9 Å². The topological polar surface area (TPSA) is 50.5 Å². The van der Waals surface area contributed by atoms with Gasteiger partial charge in [-0.1, -0.05) is 6.07 Å². The van der Waals surface area contributed by atoms with Gasteiger partial charge in [-0.05, 0) is 36.4 Å². The van der Waals surface area contributed by atoms with E-state index < -0.39 is 0 Å². The van der Waals surface area contributed by atoms with Gasteiger partial charge in [0.1, 0.15) is 0 Å². The minimum absolute atomic E-state index is 0.00907. The first-order chi connectivity index (χ1) is 10.3. The average Bonchev–Trinajstić information content (AvgIpc) is 3.25. The summed E-state index contributed by atoms with van der Waals surface area (Å²) in [6.45, 7) is 0.779. The van der Waals surface area contributed by atoms with E-state index in [1.165, 1.54) is 0 Å². The standard InChI is InChI=1S/C15H14N4OS/c20-15(11-6-9-21-10-11)18-8-3-4-12(18)14-17-16-13-5-1-2-7-19(13)14/h1-2,5-7,9-10,12H,3-4,8H2. The predicted octanol–water partition coefficient (Wildman–Crippen LogP) is 2.77. The molecule has 1 atom stereocenters. The molecule has 6 heteroatoms. The van der Waals surface area contributed by atoms with Gasteiger partial charge in [0.2, 0.25) is 0 Å². The number of thiophene rings is 1. The Labute approximate surface area is 125 Å². The number of hydrogen-bond donors (Lipinski definition) is 0. The second-order valence-electron chi connectivity index (χ2n) is 5.16. The van der Waals surface area contributed by atoms with Crippen LogP contribution < -0.4 is 0 Å². The smallest absolute Gasteiger partial charge is 0.255 e. The van der Waals surface area contributed by atoms with Crippen LogP contribution in [-0.2, 0) is 0 Å². The molecule has 1 unspecified atom stereocenters. The molecule has 0 aromatic carbocycles. The number of pyridine rings is 1. The van der Waals surface area contributed by atoms with Crippen LogP contribution in [0.5, 0.6) is 0 Å². The van der Waals surface area contributed by atoms with E-state index in [9.17, 15) is 4.79 Å². The van der Waals surface area contributed by atoms with Crippen molar-refractivity contribution in [2.24, 2.45) is 0 Å². The van der Waals surface area contributed by atoms with Crippen LogP contribution in [0.15, 0.2) is 41.2 Å². The maximum Gasteiger partial charge on any atom is 0.255 e. The quantitative estimate of drug-likeness (QED) is 0.731. The van der Waals surface area contributed by atoms with Gasteiger partial charge in [0.05, 0.1) is 11.6 Å². The minimum Gasteiger partial charge on any atom is -0.328 e. The summed E-state index contributed by atoms with van der Waals surface area (Å²) in [6.07, 6.45) is 3.89.